The zero-order valence-electron chi connectivity index (χ0n) is 31.9. The molecule has 0 saturated carbocycles. The zero-order valence-corrected chi connectivity index (χ0v) is 31.9. The molecule has 0 aliphatic heterocycles. The van der Waals surface area contributed by atoms with Crippen LogP contribution in [-0.4, -0.2) is 46.1 Å². The zero-order chi connectivity index (χ0) is 35.2. The second-order valence-corrected chi connectivity index (χ2v) is 14.2. The number of aliphatic hydroxyl groups is 3. The van der Waals surface area contributed by atoms with Crippen molar-refractivity contribution in [2.45, 2.75) is 225 Å². The SMILES string of the molecule is CCCCCCCCCCC/C=C\CCCCCC(O)CC(=O)NC(CO)C(O)/C=C/CC/C=C/CCCCCCCCCCCCC. The Morgan fingerprint density at radius 3 is 1.33 bits per heavy atom. The van der Waals surface area contributed by atoms with Crippen molar-refractivity contribution in [3.8, 4) is 0 Å². The van der Waals surface area contributed by atoms with E-state index >= 15 is 0 Å². The van der Waals surface area contributed by atoms with Gasteiger partial charge in [0.15, 0.2) is 0 Å². The van der Waals surface area contributed by atoms with Crippen LogP contribution in [0, 0.1) is 0 Å². The molecule has 0 aromatic carbocycles. The Balaban J connectivity index is 3.76. The summed E-state index contributed by atoms with van der Waals surface area (Å²) in [5, 5.41) is 33.1. The molecule has 0 radical (unpaired) electrons. The van der Waals surface area contributed by atoms with Gasteiger partial charge in [-0.3, -0.25) is 4.79 Å². The van der Waals surface area contributed by atoms with E-state index in [0.29, 0.717) is 6.42 Å². The topological polar surface area (TPSA) is 89.8 Å². The summed E-state index contributed by atoms with van der Waals surface area (Å²) in [7, 11) is 0. The summed E-state index contributed by atoms with van der Waals surface area (Å²) in [6.07, 6.45) is 47.1. The van der Waals surface area contributed by atoms with Crippen LogP contribution in [0.1, 0.15) is 206 Å². The number of carbonyl (C=O) groups excluding carboxylic acids is 1. The van der Waals surface area contributed by atoms with E-state index in [1.165, 1.54) is 135 Å². The third-order valence-electron chi connectivity index (χ3n) is 9.40. The Morgan fingerprint density at radius 2 is 0.896 bits per heavy atom. The maximum Gasteiger partial charge on any atom is 0.222 e. The molecule has 48 heavy (non-hydrogen) atoms. The van der Waals surface area contributed by atoms with Crippen LogP contribution in [0.25, 0.3) is 0 Å². The van der Waals surface area contributed by atoms with Crippen molar-refractivity contribution in [1.82, 2.24) is 5.32 Å². The standard InChI is InChI=1S/C43H81NO4/c1-3-5-7-9-11-13-15-17-19-21-23-25-27-29-31-33-35-37-42(47)41(39-45)44-43(48)38-40(46)36-34-32-30-28-26-24-22-20-18-16-14-12-10-8-6-4-2/h24,26-27,29,35,37,40-42,45-47H,3-23,25,28,30-34,36,38-39H2,1-2H3,(H,44,48)/b26-24-,29-27+,37-35+. The first-order valence-corrected chi connectivity index (χ1v) is 20.8. The molecule has 0 saturated heterocycles. The normalized spacial score (nSPS) is 14.0. The van der Waals surface area contributed by atoms with E-state index in [0.717, 1.165) is 44.9 Å². The van der Waals surface area contributed by atoms with Gasteiger partial charge in [-0.25, -0.2) is 0 Å². The molecular weight excluding hydrogens is 594 g/mol. The second kappa shape index (κ2) is 38.4. The highest BCUT2D eigenvalue weighted by molar-refractivity contribution is 5.76. The molecule has 3 unspecified atom stereocenters. The van der Waals surface area contributed by atoms with E-state index in [2.05, 4.69) is 43.5 Å². The quantitative estimate of drug-likeness (QED) is 0.0390. The molecule has 0 aromatic rings. The molecule has 0 bridgehead atoms. The van der Waals surface area contributed by atoms with Crippen LogP contribution in [0.4, 0.5) is 0 Å². The Hall–Kier alpha value is -1.43. The monoisotopic (exact) mass is 676 g/mol. The van der Waals surface area contributed by atoms with Crippen molar-refractivity contribution in [3.05, 3.63) is 36.5 Å². The van der Waals surface area contributed by atoms with Gasteiger partial charge in [0.1, 0.15) is 0 Å². The Bertz CT molecular complexity index is 749. The van der Waals surface area contributed by atoms with Crippen molar-refractivity contribution in [1.29, 1.82) is 0 Å². The van der Waals surface area contributed by atoms with Gasteiger partial charge in [0.05, 0.1) is 31.3 Å². The van der Waals surface area contributed by atoms with Gasteiger partial charge in [0.25, 0.3) is 0 Å². The third kappa shape index (κ3) is 34.4. The van der Waals surface area contributed by atoms with Crippen molar-refractivity contribution in [2.75, 3.05) is 6.61 Å². The molecule has 282 valence electrons. The van der Waals surface area contributed by atoms with Gasteiger partial charge in [-0.2, -0.15) is 0 Å². The van der Waals surface area contributed by atoms with E-state index < -0.39 is 18.2 Å². The van der Waals surface area contributed by atoms with E-state index in [-0.39, 0.29) is 18.9 Å². The van der Waals surface area contributed by atoms with Gasteiger partial charge >= 0.3 is 0 Å². The van der Waals surface area contributed by atoms with Crippen LogP contribution in [0.3, 0.4) is 0 Å². The number of nitrogens with one attached hydrogen (secondary N) is 1. The van der Waals surface area contributed by atoms with E-state index in [1.807, 2.05) is 6.08 Å². The van der Waals surface area contributed by atoms with Gasteiger partial charge in [-0.1, -0.05) is 179 Å². The number of rotatable bonds is 37. The summed E-state index contributed by atoms with van der Waals surface area (Å²) in [5.74, 6) is -0.334. The fourth-order valence-corrected chi connectivity index (χ4v) is 6.17. The summed E-state index contributed by atoms with van der Waals surface area (Å²) in [6, 6.07) is -0.764. The van der Waals surface area contributed by atoms with Crippen LogP contribution in [0.15, 0.2) is 36.5 Å². The van der Waals surface area contributed by atoms with Gasteiger partial charge in [0, 0.05) is 0 Å². The van der Waals surface area contributed by atoms with Crippen LogP contribution >= 0.6 is 0 Å². The number of amides is 1. The highest BCUT2D eigenvalue weighted by Gasteiger charge is 2.20. The van der Waals surface area contributed by atoms with Crippen LogP contribution in [-0.2, 0) is 4.79 Å². The highest BCUT2D eigenvalue weighted by atomic mass is 16.3. The van der Waals surface area contributed by atoms with Crippen molar-refractivity contribution < 1.29 is 20.1 Å². The lowest BCUT2D eigenvalue weighted by molar-refractivity contribution is -0.124. The number of allylic oxidation sites excluding steroid dienone is 5. The molecule has 0 rings (SSSR count). The molecule has 4 N–H and O–H groups in total. The molecule has 3 atom stereocenters. The average molecular weight is 676 g/mol. The number of carbonyl (C=O) groups is 1. The molecule has 1 amide bonds. The first-order valence-electron chi connectivity index (χ1n) is 20.8. The first kappa shape index (κ1) is 46.6. The lowest BCUT2D eigenvalue weighted by atomic mass is 10.0. The molecular formula is C43H81NO4. The molecule has 0 aliphatic rings. The van der Waals surface area contributed by atoms with Crippen LogP contribution in [0.2, 0.25) is 0 Å². The van der Waals surface area contributed by atoms with Crippen molar-refractivity contribution >= 4 is 5.91 Å². The number of hydrogen-bond donors (Lipinski definition) is 4. The summed E-state index contributed by atoms with van der Waals surface area (Å²) >= 11 is 0. The van der Waals surface area contributed by atoms with E-state index in [1.54, 1.807) is 6.08 Å². The second-order valence-electron chi connectivity index (χ2n) is 14.2. The lowest BCUT2D eigenvalue weighted by Gasteiger charge is -2.20. The average Bonchev–Trinajstić information content (AvgIpc) is 3.08. The predicted molar refractivity (Wildman–Crippen MR) is 208 cm³/mol. The summed E-state index contributed by atoms with van der Waals surface area (Å²) < 4.78 is 0. The molecule has 0 fully saturated rings. The molecule has 5 heteroatoms. The van der Waals surface area contributed by atoms with Gasteiger partial charge in [-0.15, -0.1) is 0 Å². The minimum absolute atomic E-state index is 0.00447. The summed E-state index contributed by atoms with van der Waals surface area (Å²) in [4.78, 5) is 12.4. The minimum Gasteiger partial charge on any atom is -0.394 e. The minimum atomic E-state index is -0.954. The molecule has 0 heterocycles. The Kier molecular flexibility index (Phi) is 37.2. The van der Waals surface area contributed by atoms with Crippen molar-refractivity contribution in [3.63, 3.8) is 0 Å². The van der Waals surface area contributed by atoms with E-state index in [9.17, 15) is 20.1 Å². The fraction of sp³-hybridized carbons (Fsp3) is 0.837. The number of hydrogen-bond acceptors (Lipinski definition) is 4. The van der Waals surface area contributed by atoms with Gasteiger partial charge in [-0.05, 0) is 57.8 Å². The largest absolute Gasteiger partial charge is 0.394 e. The maximum absolute atomic E-state index is 12.4. The summed E-state index contributed by atoms with van der Waals surface area (Å²) in [6.45, 7) is 4.19. The maximum atomic E-state index is 12.4. The molecule has 0 spiro atoms. The smallest absolute Gasteiger partial charge is 0.222 e. The first-order chi connectivity index (χ1) is 23.5. The fourth-order valence-electron chi connectivity index (χ4n) is 6.17. The van der Waals surface area contributed by atoms with Gasteiger partial charge < -0.3 is 20.6 Å². The highest BCUT2D eigenvalue weighted by Crippen LogP contribution is 2.14. The van der Waals surface area contributed by atoms with Crippen LogP contribution in [0.5, 0.6) is 0 Å². The number of aliphatic hydroxyl groups excluding tert-OH is 3. The molecule has 0 aromatic heterocycles. The Labute approximate surface area is 298 Å². The predicted octanol–water partition coefficient (Wildman–Crippen LogP) is 11.6. The summed E-state index contributed by atoms with van der Waals surface area (Å²) in [5.41, 5.74) is 0. The van der Waals surface area contributed by atoms with Gasteiger partial charge in [0.2, 0.25) is 5.91 Å². The molecule has 5 nitrogen and oxygen atoms in total. The number of unbranched alkanes of at least 4 members (excludes halogenated alkanes) is 24. The Morgan fingerprint density at radius 1 is 0.521 bits per heavy atom. The lowest BCUT2D eigenvalue weighted by Crippen LogP contribution is -2.45. The van der Waals surface area contributed by atoms with E-state index in [4.69, 9.17) is 0 Å². The van der Waals surface area contributed by atoms with Crippen LogP contribution < -0.4 is 5.32 Å². The third-order valence-corrected chi connectivity index (χ3v) is 9.40. The molecule has 0 aliphatic carbocycles. The van der Waals surface area contributed by atoms with Crippen molar-refractivity contribution in [2.24, 2.45) is 0 Å².